The molecule has 0 aliphatic carbocycles. The summed E-state index contributed by atoms with van der Waals surface area (Å²) < 4.78 is 0. The maximum absolute atomic E-state index is 12.3. The summed E-state index contributed by atoms with van der Waals surface area (Å²) in [6.45, 7) is 3.13. The van der Waals surface area contributed by atoms with Crippen LogP contribution >= 0.6 is 11.8 Å². The number of rotatable bonds is 3. The van der Waals surface area contributed by atoms with Gasteiger partial charge in [0.1, 0.15) is 6.04 Å². The summed E-state index contributed by atoms with van der Waals surface area (Å²) in [4.78, 5) is 31.2. The van der Waals surface area contributed by atoms with Crippen molar-refractivity contribution < 1.29 is 9.59 Å². The minimum Gasteiger partial charge on any atom is -0.335 e. The predicted molar refractivity (Wildman–Crippen MR) is 86.6 cm³/mol. The van der Waals surface area contributed by atoms with Gasteiger partial charge >= 0.3 is 0 Å². The van der Waals surface area contributed by atoms with Crippen molar-refractivity contribution in [1.82, 2.24) is 14.7 Å². The summed E-state index contributed by atoms with van der Waals surface area (Å²) in [6.07, 6.45) is 2.07. The van der Waals surface area contributed by atoms with Crippen LogP contribution in [0.15, 0.2) is 29.2 Å². The van der Waals surface area contributed by atoms with E-state index in [-0.39, 0.29) is 24.4 Å². The molecule has 3 rings (SSSR count). The van der Waals surface area contributed by atoms with Crippen LogP contribution in [0, 0.1) is 0 Å². The number of benzene rings is 1. The zero-order valence-corrected chi connectivity index (χ0v) is 13.8. The second kappa shape index (κ2) is 6.30. The molecule has 2 aliphatic rings. The molecule has 0 saturated carbocycles. The summed E-state index contributed by atoms with van der Waals surface area (Å²) in [5, 5.41) is 0. The highest BCUT2D eigenvalue weighted by atomic mass is 32.2. The molecule has 2 fully saturated rings. The van der Waals surface area contributed by atoms with Crippen LogP contribution in [0.25, 0.3) is 0 Å². The first kappa shape index (κ1) is 15.4. The van der Waals surface area contributed by atoms with E-state index in [1.807, 2.05) is 0 Å². The lowest BCUT2D eigenvalue weighted by Gasteiger charge is -2.45. The molecule has 118 valence electrons. The Hall–Kier alpha value is -1.53. The molecule has 1 aromatic carbocycles. The number of piperazine rings is 2. The van der Waals surface area contributed by atoms with Gasteiger partial charge in [0.15, 0.2) is 0 Å². The van der Waals surface area contributed by atoms with Gasteiger partial charge in [-0.1, -0.05) is 12.1 Å². The molecule has 22 heavy (non-hydrogen) atoms. The highest BCUT2D eigenvalue weighted by Gasteiger charge is 2.41. The number of hydrogen-bond acceptors (Lipinski definition) is 4. The standard InChI is InChI=1S/C16H21N3O2S/c1-17-11-15(20)19-7-6-18(10-14(19)16(17)21)9-12-4-3-5-13(8-12)22-2/h3-5,8,14H,6-7,9-11H2,1-2H3/t14-/m1/s1. The maximum Gasteiger partial charge on any atom is 0.246 e. The first-order valence-electron chi connectivity index (χ1n) is 7.48. The fourth-order valence-electron chi connectivity index (χ4n) is 3.15. The zero-order chi connectivity index (χ0) is 15.7. The van der Waals surface area contributed by atoms with Crippen molar-refractivity contribution in [1.29, 1.82) is 0 Å². The second-order valence-electron chi connectivity index (χ2n) is 5.88. The molecule has 2 aliphatic heterocycles. The first-order chi connectivity index (χ1) is 10.6. The van der Waals surface area contributed by atoms with E-state index in [9.17, 15) is 9.59 Å². The number of carbonyl (C=O) groups excluding carboxylic acids is 2. The van der Waals surface area contributed by atoms with Gasteiger partial charge in [-0.05, 0) is 24.0 Å². The SMILES string of the molecule is CSc1cccc(CN2CCN3C(=O)CN(C)C(=O)[C@H]3C2)c1. The largest absolute Gasteiger partial charge is 0.335 e. The summed E-state index contributed by atoms with van der Waals surface area (Å²) in [5.41, 5.74) is 1.25. The van der Waals surface area contributed by atoms with Crippen molar-refractivity contribution in [2.75, 3.05) is 39.5 Å². The van der Waals surface area contributed by atoms with E-state index in [1.54, 1.807) is 28.6 Å². The summed E-state index contributed by atoms with van der Waals surface area (Å²) in [7, 11) is 1.71. The van der Waals surface area contributed by atoms with E-state index < -0.39 is 0 Å². The van der Waals surface area contributed by atoms with Gasteiger partial charge in [0.05, 0.1) is 6.54 Å². The fraction of sp³-hybridized carbons (Fsp3) is 0.500. The molecular weight excluding hydrogens is 298 g/mol. The van der Waals surface area contributed by atoms with Crippen LogP contribution in [0.4, 0.5) is 0 Å². The van der Waals surface area contributed by atoms with Crippen molar-refractivity contribution in [3.63, 3.8) is 0 Å². The number of fused-ring (bicyclic) bond motifs is 1. The Kier molecular flexibility index (Phi) is 4.40. The molecule has 0 radical (unpaired) electrons. The van der Waals surface area contributed by atoms with Gasteiger partial charge in [-0.2, -0.15) is 0 Å². The van der Waals surface area contributed by atoms with Gasteiger partial charge in [-0.15, -0.1) is 11.8 Å². The predicted octanol–water partition coefficient (Wildman–Crippen LogP) is 0.893. The molecule has 2 heterocycles. The maximum atomic E-state index is 12.3. The van der Waals surface area contributed by atoms with Crippen molar-refractivity contribution >= 4 is 23.6 Å². The van der Waals surface area contributed by atoms with E-state index >= 15 is 0 Å². The third-order valence-corrected chi connectivity index (χ3v) is 5.08. The quantitative estimate of drug-likeness (QED) is 0.776. The number of amides is 2. The van der Waals surface area contributed by atoms with Crippen molar-refractivity contribution in [3.05, 3.63) is 29.8 Å². The Morgan fingerprint density at radius 1 is 1.27 bits per heavy atom. The van der Waals surface area contributed by atoms with Gasteiger partial charge in [0, 0.05) is 38.1 Å². The van der Waals surface area contributed by atoms with Crippen molar-refractivity contribution in [2.24, 2.45) is 0 Å². The van der Waals surface area contributed by atoms with E-state index in [4.69, 9.17) is 0 Å². The number of nitrogens with zero attached hydrogens (tertiary/aromatic N) is 3. The number of hydrogen-bond donors (Lipinski definition) is 0. The number of carbonyl (C=O) groups is 2. The van der Waals surface area contributed by atoms with Crippen LogP contribution in [0.1, 0.15) is 5.56 Å². The van der Waals surface area contributed by atoms with Crippen LogP contribution in [0.2, 0.25) is 0 Å². The molecule has 6 heteroatoms. The topological polar surface area (TPSA) is 43.9 Å². The molecule has 2 saturated heterocycles. The third-order valence-electron chi connectivity index (χ3n) is 4.36. The van der Waals surface area contributed by atoms with Gasteiger partial charge < -0.3 is 9.80 Å². The van der Waals surface area contributed by atoms with Crippen LogP contribution in [-0.4, -0.2) is 72.0 Å². The van der Waals surface area contributed by atoms with Gasteiger partial charge in [0.2, 0.25) is 11.8 Å². The van der Waals surface area contributed by atoms with Gasteiger partial charge in [-0.3, -0.25) is 14.5 Å². The fourth-order valence-corrected chi connectivity index (χ4v) is 3.63. The first-order valence-corrected chi connectivity index (χ1v) is 8.70. The lowest BCUT2D eigenvalue weighted by molar-refractivity contribution is -0.158. The molecule has 5 nitrogen and oxygen atoms in total. The molecule has 1 aromatic rings. The van der Waals surface area contributed by atoms with E-state index in [1.165, 1.54) is 10.5 Å². The van der Waals surface area contributed by atoms with E-state index in [0.717, 1.165) is 13.1 Å². The second-order valence-corrected chi connectivity index (χ2v) is 6.76. The van der Waals surface area contributed by atoms with Crippen LogP contribution in [0.3, 0.4) is 0 Å². The highest BCUT2D eigenvalue weighted by molar-refractivity contribution is 7.98. The Morgan fingerprint density at radius 2 is 2.09 bits per heavy atom. The average Bonchev–Trinajstić information content (AvgIpc) is 2.53. The smallest absolute Gasteiger partial charge is 0.246 e. The van der Waals surface area contributed by atoms with Crippen molar-refractivity contribution in [2.45, 2.75) is 17.5 Å². The number of thioether (sulfide) groups is 1. The average molecular weight is 319 g/mol. The Labute approximate surface area is 135 Å². The highest BCUT2D eigenvalue weighted by Crippen LogP contribution is 2.21. The monoisotopic (exact) mass is 319 g/mol. The van der Waals surface area contributed by atoms with Crippen LogP contribution in [-0.2, 0) is 16.1 Å². The Morgan fingerprint density at radius 3 is 2.86 bits per heavy atom. The van der Waals surface area contributed by atoms with Gasteiger partial charge in [0.25, 0.3) is 0 Å². The Balaban J connectivity index is 1.70. The molecule has 0 aromatic heterocycles. The molecule has 1 atom stereocenters. The van der Waals surface area contributed by atoms with E-state index in [2.05, 4.69) is 35.4 Å². The molecule has 0 bridgehead atoms. The molecule has 0 unspecified atom stereocenters. The lowest BCUT2D eigenvalue weighted by Crippen LogP contribution is -2.65. The third kappa shape index (κ3) is 2.98. The summed E-state index contributed by atoms with van der Waals surface area (Å²) >= 11 is 1.73. The normalized spacial score (nSPS) is 22.9. The summed E-state index contributed by atoms with van der Waals surface area (Å²) in [5.74, 6) is 0.123. The van der Waals surface area contributed by atoms with Crippen molar-refractivity contribution in [3.8, 4) is 0 Å². The number of likely N-dealkylation sites (N-methyl/N-ethyl adjacent to an activating group) is 1. The Bertz CT molecular complexity index is 593. The molecule has 0 spiro atoms. The van der Waals surface area contributed by atoms with Gasteiger partial charge in [-0.25, -0.2) is 0 Å². The lowest BCUT2D eigenvalue weighted by atomic mass is 10.1. The van der Waals surface area contributed by atoms with E-state index in [0.29, 0.717) is 13.1 Å². The molecular formula is C16H21N3O2S. The molecule has 2 amide bonds. The van der Waals surface area contributed by atoms with Crippen LogP contribution in [0.5, 0.6) is 0 Å². The van der Waals surface area contributed by atoms with Crippen LogP contribution < -0.4 is 0 Å². The zero-order valence-electron chi connectivity index (χ0n) is 13.0. The minimum absolute atomic E-state index is 0.0576. The summed E-state index contributed by atoms with van der Waals surface area (Å²) in [6, 6.07) is 8.16. The minimum atomic E-state index is -0.316. The molecule has 0 N–H and O–H groups in total.